The summed E-state index contributed by atoms with van der Waals surface area (Å²) < 4.78 is 25.9. The van der Waals surface area contributed by atoms with Gasteiger partial charge < -0.3 is 9.31 Å². The van der Waals surface area contributed by atoms with Gasteiger partial charge >= 0.3 is 7.12 Å². The molecule has 0 aromatic carbocycles. The predicted molar refractivity (Wildman–Crippen MR) is 81.0 cm³/mol. The van der Waals surface area contributed by atoms with E-state index >= 15 is 0 Å². The molecule has 0 atom stereocenters. The smallest absolute Gasteiger partial charge is 0.399 e. The summed E-state index contributed by atoms with van der Waals surface area (Å²) in [7, 11) is -0.739. The molecule has 1 fully saturated rings. The highest BCUT2D eigenvalue weighted by atomic mass is 32.1. The average Bonchev–Trinajstić information content (AvgIpc) is 2.97. The van der Waals surface area contributed by atoms with E-state index in [-0.39, 0.29) is 0 Å². The maximum Gasteiger partial charge on any atom is 0.497 e. The van der Waals surface area contributed by atoms with Crippen molar-refractivity contribution < 1.29 is 13.7 Å². The van der Waals surface area contributed by atoms with Crippen molar-refractivity contribution in [3.63, 3.8) is 0 Å². The van der Waals surface area contributed by atoms with Crippen molar-refractivity contribution in [2.24, 2.45) is 0 Å². The Morgan fingerprint density at radius 3 is 2.38 bits per heavy atom. The summed E-state index contributed by atoms with van der Waals surface area (Å²) in [6.07, 6.45) is 2.89. The normalized spacial score (nSPS) is 20.0. The van der Waals surface area contributed by atoms with E-state index in [1.807, 2.05) is 33.1 Å². The summed E-state index contributed by atoms with van der Waals surface area (Å²) >= 11 is 1.46. The lowest BCUT2D eigenvalue weighted by Crippen LogP contribution is -2.41. The first-order valence-corrected chi connectivity index (χ1v) is 7.59. The van der Waals surface area contributed by atoms with Crippen LogP contribution in [0.4, 0.5) is 4.39 Å². The third kappa shape index (κ3) is 2.50. The van der Waals surface area contributed by atoms with Crippen LogP contribution in [0.3, 0.4) is 0 Å². The molecule has 0 aliphatic carbocycles. The third-order valence-corrected chi connectivity index (χ3v) is 4.84. The Morgan fingerprint density at radius 2 is 1.81 bits per heavy atom. The van der Waals surface area contributed by atoms with Gasteiger partial charge in [-0.15, -0.1) is 11.3 Å². The second-order valence-corrected chi connectivity index (χ2v) is 6.91. The fraction of sp³-hybridized carbons (Fsp3) is 0.429. The number of thiazole rings is 1. The molecule has 0 bridgehead atoms. The van der Waals surface area contributed by atoms with Crippen LogP contribution in [-0.2, 0) is 9.31 Å². The Bertz CT molecular complexity index is 645. The molecule has 0 N–H and O–H groups in total. The molecule has 4 nitrogen and oxygen atoms in total. The number of nitrogens with zero attached hydrogens (tertiary/aromatic N) is 2. The zero-order chi connectivity index (χ0) is 15.3. The predicted octanol–water partition coefficient (Wildman–Crippen LogP) is 2.64. The summed E-state index contributed by atoms with van der Waals surface area (Å²) in [6.45, 7) is 7.75. The second-order valence-electron chi connectivity index (χ2n) is 6.02. The van der Waals surface area contributed by atoms with Gasteiger partial charge in [0.05, 0.1) is 23.1 Å². The molecule has 0 saturated carbocycles. The van der Waals surface area contributed by atoms with E-state index < -0.39 is 24.1 Å². The Labute approximate surface area is 127 Å². The summed E-state index contributed by atoms with van der Waals surface area (Å²) in [5, 5.41) is 2.60. The van der Waals surface area contributed by atoms with E-state index in [9.17, 15) is 4.39 Å². The second kappa shape index (κ2) is 4.86. The van der Waals surface area contributed by atoms with Gasteiger partial charge in [0.1, 0.15) is 10.8 Å². The van der Waals surface area contributed by atoms with E-state index in [2.05, 4.69) is 9.97 Å². The first-order chi connectivity index (χ1) is 9.80. The molecule has 21 heavy (non-hydrogen) atoms. The lowest BCUT2D eigenvalue weighted by Gasteiger charge is -2.32. The Hall–Kier alpha value is -1.31. The molecular formula is C14H16BFN2O2S. The summed E-state index contributed by atoms with van der Waals surface area (Å²) in [6, 6.07) is 1.65. The van der Waals surface area contributed by atoms with Crippen LogP contribution in [0.1, 0.15) is 27.7 Å². The molecule has 1 aliphatic heterocycles. The monoisotopic (exact) mass is 306 g/mol. The third-order valence-electron chi connectivity index (χ3n) is 4.04. The lowest BCUT2D eigenvalue weighted by molar-refractivity contribution is 0.00578. The molecule has 3 rings (SSSR count). The van der Waals surface area contributed by atoms with Crippen LogP contribution in [-0.4, -0.2) is 28.3 Å². The van der Waals surface area contributed by atoms with Crippen molar-refractivity contribution in [3.05, 3.63) is 29.7 Å². The minimum Gasteiger partial charge on any atom is -0.399 e. The van der Waals surface area contributed by atoms with Crippen LogP contribution in [0.25, 0.3) is 10.7 Å². The largest absolute Gasteiger partial charge is 0.497 e. The highest BCUT2D eigenvalue weighted by molar-refractivity contribution is 7.13. The Balaban J connectivity index is 1.98. The van der Waals surface area contributed by atoms with E-state index in [1.165, 1.54) is 17.5 Å². The Morgan fingerprint density at radius 1 is 1.14 bits per heavy atom. The molecule has 7 heteroatoms. The number of hydrogen-bond donors (Lipinski definition) is 0. The van der Waals surface area contributed by atoms with Gasteiger partial charge in [0.25, 0.3) is 0 Å². The van der Waals surface area contributed by atoms with Crippen LogP contribution < -0.4 is 5.46 Å². The van der Waals surface area contributed by atoms with Crippen molar-refractivity contribution in [3.8, 4) is 10.7 Å². The molecule has 1 aliphatic rings. The standard InChI is InChI=1S/C14H16BFN2O2S/c1-13(2)14(3,4)20-15(19-13)9-7-11(18-8-10(9)16)12-17-5-6-21-12/h5-8H,1-4H3. The number of aromatic nitrogens is 2. The molecule has 0 radical (unpaired) electrons. The van der Waals surface area contributed by atoms with Crippen molar-refractivity contribution >= 4 is 23.9 Å². The molecule has 3 heterocycles. The Kier molecular flexibility index (Phi) is 3.39. The first kappa shape index (κ1) is 14.6. The summed E-state index contributed by atoms with van der Waals surface area (Å²) in [4.78, 5) is 8.28. The van der Waals surface area contributed by atoms with Crippen molar-refractivity contribution in [2.75, 3.05) is 0 Å². The summed E-state index contributed by atoms with van der Waals surface area (Å²) in [5.41, 5.74) is -0.0337. The molecular weight excluding hydrogens is 290 g/mol. The minimum absolute atomic E-state index is 0.355. The van der Waals surface area contributed by atoms with Gasteiger partial charge in [-0.3, -0.25) is 4.98 Å². The maximum absolute atomic E-state index is 14.1. The SMILES string of the molecule is CC1(C)OB(c2cc(-c3nccs3)ncc2F)OC1(C)C. The fourth-order valence-corrected chi connectivity index (χ4v) is 2.68. The number of halogens is 1. The lowest BCUT2D eigenvalue weighted by atomic mass is 9.79. The molecule has 2 aromatic heterocycles. The van der Waals surface area contributed by atoms with Crippen LogP contribution >= 0.6 is 11.3 Å². The zero-order valence-electron chi connectivity index (χ0n) is 12.4. The van der Waals surface area contributed by atoms with Gasteiger partial charge in [-0.2, -0.15) is 0 Å². The van der Waals surface area contributed by atoms with Gasteiger partial charge in [0, 0.05) is 17.0 Å². The zero-order valence-corrected chi connectivity index (χ0v) is 13.2. The topological polar surface area (TPSA) is 44.2 Å². The van der Waals surface area contributed by atoms with Gasteiger partial charge in [-0.25, -0.2) is 9.37 Å². The minimum atomic E-state index is -0.739. The highest BCUT2D eigenvalue weighted by Gasteiger charge is 2.52. The van der Waals surface area contributed by atoms with Gasteiger partial charge in [0.2, 0.25) is 0 Å². The van der Waals surface area contributed by atoms with Gasteiger partial charge in [-0.1, -0.05) is 0 Å². The van der Waals surface area contributed by atoms with Gasteiger partial charge in [0.15, 0.2) is 0 Å². The van der Waals surface area contributed by atoms with E-state index in [0.29, 0.717) is 11.2 Å². The van der Waals surface area contributed by atoms with E-state index in [1.54, 1.807) is 12.3 Å². The molecule has 0 amide bonds. The van der Waals surface area contributed by atoms with Crippen molar-refractivity contribution in [1.29, 1.82) is 0 Å². The maximum atomic E-state index is 14.1. The molecule has 1 saturated heterocycles. The number of hydrogen-bond acceptors (Lipinski definition) is 5. The quantitative estimate of drug-likeness (QED) is 0.800. The highest BCUT2D eigenvalue weighted by Crippen LogP contribution is 2.36. The number of rotatable bonds is 2. The number of pyridine rings is 1. The van der Waals surface area contributed by atoms with E-state index in [0.717, 1.165) is 5.01 Å². The molecule has 2 aromatic rings. The average molecular weight is 306 g/mol. The molecule has 0 unspecified atom stereocenters. The first-order valence-electron chi connectivity index (χ1n) is 6.71. The van der Waals surface area contributed by atoms with Crippen molar-refractivity contribution in [1.82, 2.24) is 9.97 Å². The van der Waals surface area contributed by atoms with Crippen LogP contribution in [0.15, 0.2) is 23.8 Å². The molecule has 0 spiro atoms. The van der Waals surface area contributed by atoms with Crippen LogP contribution in [0.5, 0.6) is 0 Å². The van der Waals surface area contributed by atoms with Crippen LogP contribution in [0, 0.1) is 5.82 Å². The summed E-state index contributed by atoms with van der Waals surface area (Å²) in [5.74, 6) is -0.436. The fourth-order valence-electron chi connectivity index (χ4n) is 2.07. The van der Waals surface area contributed by atoms with Crippen LogP contribution in [0.2, 0.25) is 0 Å². The van der Waals surface area contributed by atoms with Crippen molar-refractivity contribution in [2.45, 2.75) is 38.9 Å². The van der Waals surface area contributed by atoms with Gasteiger partial charge in [-0.05, 0) is 33.8 Å². The van der Waals surface area contributed by atoms with E-state index in [4.69, 9.17) is 9.31 Å². The molecule has 110 valence electrons.